The highest BCUT2D eigenvalue weighted by Gasteiger charge is 2.41. The van der Waals surface area contributed by atoms with Gasteiger partial charge in [-0.25, -0.2) is 4.79 Å². The first-order chi connectivity index (χ1) is 7.67. The lowest BCUT2D eigenvalue weighted by molar-refractivity contribution is 0.0123. The third-order valence-electron chi connectivity index (χ3n) is 2.98. The molecule has 0 radical (unpaired) electrons. The molecule has 1 saturated heterocycles. The molecule has 0 bridgehead atoms. The van der Waals surface area contributed by atoms with Crippen molar-refractivity contribution in [1.82, 2.24) is 4.90 Å². The molecular formula is C12H24N2O3. The predicted molar refractivity (Wildman–Crippen MR) is 65.6 cm³/mol. The van der Waals surface area contributed by atoms with Crippen LogP contribution in [0.5, 0.6) is 0 Å². The van der Waals surface area contributed by atoms with Crippen molar-refractivity contribution in [3.05, 3.63) is 0 Å². The van der Waals surface area contributed by atoms with Crippen LogP contribution in [0.3, 0.4) is 0 Å². The summed E-state index contributed by atoms with van der Waals surface area (Å²) in [6, 6.07) is -0.151. The van der Waals surface area contributed by atoms with E-state index in [2.05, 4.69) is 0 Å². The maximum Gasteiger partial charge on any atom is 0.410 e. The van der Waals surface area contributed by atoms with E-state index in [-0.39, 0.29) is 18.7 Å². The van der Waals surface area contributed by atoms with Crippen LogP contribution in [0.1, 0.15) is 40.5 Å². The van der Waals surface area contributed by atoms with Crippen LogP contribution in [0, 0.1) is 0 Å². The van der Waals surface area contributed by atoms with Gasteiger partial charge >= 0.3 is 6.09 Å². The lowest BCUT2D eigenvalue weighted by Crippen LogP contribution is -2.58. The van der Waals surface area contributed by atoms with Gasteiger partial charge in [-0.3, -0.25) is 0 Å². The van der Waals surface area contributed by atoms with Crippen molar-refractivity contribution in [1.29, 1.82) is 0 Å². The number of carbonyl (C=O) groups is 1. The molecule has 0 aromatic rings. The zero-order valence-corrected chi connectivity index (χ0v) is 11.2. The van der Waals surface area contributed by atoms with Crippen molar-refractivity contribution in [3.63, 3.8) is 0 Å². The first kappa shape index (κ1) is 14.3. The molecule has 1 amide bonds. The average molecular weight is 244 g/mol. The van der Waals surface area contributed by atoms with Gasteiger partial charge in [-0.1, -0.05) is 0 Å². The lowest BCUT2D eigenvalue weighted by atomic mass is 9.92. The van der Waals surface area contributed by atoms with Crippen LogP contribution in [0.2, 0.25) is 0 Å². The molecule has 3 N–H and O–H groups in total. The highest BCUT2D eigenvalue weighted by molar-refractivity contribution is 5.69. The van der Waals surface area contributed by atoms with Gasteiger partial charge in [0.2, 0.25) is 0 Å². The van der Waals surface area contributed by atoms with Gasteiger partial charge in [0.1, 0.15) is 5.60 Å². The van der Waals surface area contributed by atoms with E-state index in [9.17, 15) is 9.90 Å². The van der Waals surface area contributed by atoms with Crippen molar-refractivity contribution in [2.45, 2.75) is 57.7 Å². The van der Waals surface area contributed by atoms with Crippen LogP contribution in [0.25, 0.3) is 0 Å². The first-order valence-electron chi connectivity index (χ1n) is 6.07. The third-order valence-corrected chi connectivity index (χ3v) is 2.98. The molecule has 5 heteroatoms. The Balaban J connectivity index is 2.73. The lowest BCUT2D eigenvalue weighted by Gasteiger charge is -2.36. The van der Waals surface area contributed by atoms with Crippen molar-refractivity contribution in [3.8, 4) is 0 Å². The van der Waals surface area contributed by atoms with Gasteiger partial charge in [0.25, 0.3) is 0 Å². The maximum absolute atomic E-state index is 12.0. The summed E-state index contributed by atoms with van der Waals surface area (Å²) < 4.78 is 5.34. The second-order valence-electron chi connectivity index (χ2n) is 6.00. The predicted octanol–water partition coefficient (Wildman–Crippen LogP) is 1.10. The molecule has 1 aliphatic heterocycles. The van der Waals surface area contributed by atoms with Crippen molar-refractivity contribution >= 4 is 6.09 Å². The molecule has 1 heterocycles. The van der Waals surface area contributed by atoms with E-state index in [0.717, 1.165) is 12.8 Å². The Morgan fingerprint density at radius 1 is 1.47 bits per heavy atom. The number of rotatable bonds is 2. The summed E-state index contributed by atoms with van der Waals surface area (Å²) in [7, 11) is 0. The van der Waals surface area contributed by atoms with E-state index in [1.165, 1.54) is 0 Å². The summed E-state index contributed by atoms with van der Waals surface area (Å²) >= 11 is 0. The topological polar surface area (TPSA) is 75.8 Å². The van der Waals surface area contributed by atoms with E-state index in [1.807, 2.05) is 20.8 Å². The zero-order valence-electron chi connectivity index (χ0n) is 11.2. The third kappa shape index (κ3) is 3.57. The number of carbonyl (C=O) groups excluding carboxylic acids is 1. The Kier molecular flexibility index (Phi) is 4.04. The van der Waals surface area contributed by atoms with Crippen molar-refractivity contribution in [2.24, 2.45) is 5.73 Å². The number of nitrogens with zero attached hydrogens (tertiary/aromatic N) is 1. The van der Waals surface area contributed by atoms with Crippen LogP contribution >= 0.6 is 0 Å². The van der Waals surface area contributed by atoms with Gasteiger partial charge < -0.3 is 20.5 Å². The molecule has 0 aromatic carbocycles. The van der Waals surface area contributed by atoms with E-state index >= 15 is 0 Å². The minimum absolute atomic E-state index is 0.142. The van der Waals surface area contributed by atoms with Crippen LogP contribution < -0.4 is 5.73 Å². The smallest absolute Gasteiger partial charge is 0.410 e. The standard InChI is InChI=1S/C12H24N2O3/c1-11(2,3)17-10(16)14-7-5-6-9(14)12(4,13)8-15/h9,15H,5-8,13H2,1-4H3. The molecule has 5 nitrogen and oxygen atoms in total. The quantitative estimate of drug-likeness (QED) is 0.762. The molecule has 0 aromatic heterocycles. The van der Waals surface area contributed by atoms with Crippen LogP contribution in [-0.4, -0.2) is 46.4 Å². The van der Waals surface area contributed by atoms with E-state index in [0.29, 0.717) is 6.54 Å². The number of likely N-dealkylation sites (tertiary alicyclic amines) is 1. The van der Waals surface area contributed by atoms with E-state index < -0.39 is 11.1 Å². The van der Waals surface area contributed by atoms with Gasteiger partial charge in [0.15, 0.2) is 0 Å². The molecule has 0 saturated carbocycles. The minimum Gasteiger partial charge on any atom is -0.444 e. The Morgan fingerprint density at radius 2 is 2.06 bits per heavy atom. The SMILES string of the molecule is CC(C)(C)OC(=O)N1CCCC1C(C)(N)CO. The Labute approximate surface area is 103 Å². The molecule has 100 valence electrons. The molecule has 1 fully saturated rings. The summed E-state index contributed by atoms with van der Waals surface area (Å²) in [6.45, 7) is 7.78. The van der Waals surface area contributed by atoms with E-state index in [4.69, 9.17) is 10.5 Å². The molecule has 17 heavy (non-hydrogen) atoms. The van der Waals surface area contributed by atoms with Crippen LogP contribution in [0.4, 0.5) is 4.79 Å². The van der Waals surface area contributed by atoms with Gasteiger partial charge in [-0.2, -0.15) is 0 Å². The maximum atomic E-state index is 12.0. The Hall–Kier alpha value is -0.810. The van der Waals surface area contributed by atoms with Gasteiger partial charge in [-0.15, -0.1) is 0 Å². The molecule has 0 aliphatic carbocycles. The van der Waals surface area contributed by atoms with Gasteiger partial charge in [0.05, 0.1) is 18.2 Å². The molecular weight excluding hydrogens is 220 g/mol. The Morgan fingerprint density at radius 3 is 2.53 bits per heavy atom. The minimum atomic E-state index is -0.770. The fourth-order valence-electron chi connectivity index (χ4n) is 2.10. The molecule has 1 aliphatic rings. The summed E-state index contributed by atoms with van der Waals surface area (Å²) in [5.41, 5.74) is 4.74. The Bertz CT molecular complexity index is 284. The van der Waals surface area contributed by atoms with Gasteiger partial charge in [-0.05, 0) is 40.5 Å². The fraction of sp³-hybridized carbons (Fsp3) is 0.917. The van der Waals surface area contributed by atoms with Gasteiger partial charge in [0, 0.05) is 6.54 Å². The number of ether oxygens (including phenoxy) is 1. The summed E-state index contributed by atoms with van der Waals surface area (Å²) in [4.78, 5) is 13.6. The normalized spacial score (nSPS) is 24.6. The van der Waals surface area contributed by atoms with E-state index in [1.54, 1.807) is 11.8 Å². The van der Waals surface area contributed by atoms with Crippen LogP contribution in [0.15, 0.2) is 0 Å². The number of hydrogen-bond acceptors (Lipinski definition) is 4. The number of hydrogen-bond donors (Lipinski definition) is 2. The van der Waals surface area contributed by atoms with Crippen molar-refractivity contribution < 1.29 is 14.6 Å². The molecule has 1 rings (SSSR count). The first-order valence-corrected chi connectivity index (χ1v) is 6.07. The second kappa shape index (κ2) is 4.82. The van der Waals surface area contributed by atoms with Crippen molar-refractivity contribution in [2.75, 3.05) is 13.2 Å². The highest BCUT2D eigenvalue weighted by atomic mass is 16.6. The van der Waals surface area contributed by atoms with Crippen LogP contribution in [-0.2, 0) is 4.74 Å². The summed E-state index contributed by atoms with van der Waals surface area (Å²) in [5.74, 6) is 0. The zero-order chi connectivity index (χ0) is 13.3. The number of nitrogens with two attached hydrogens (primary N) is 1. The largest absolute Gasteiger partial charge is 0.444 e. The number of amides is 1. The fourth-order valence-corrected chi connectivity index (χ4v) is 2.10. The monoisotopic (exact) mass is 244 g/mol. The second-order valence-corrected chi connectivity index (χ2v) is 6.00. The highest BCUT2D eigenvalue weighted by Crippen LogP contribution is 2.27. The molecule has 2 unspecified atom stereocenters. The summed E-state index contributed by atoms with van der Waals surface area (Å²) in [5, 5.41) is 9.28. The number of aliphatic hydroxyl groups excluding tert-OH is 1. The average Bonchev–Trinajstić information content (AvgIpc) is 2.63. The molecule has 2 atom stereocenters. The molecule has 0 spiro atoms. The summed E-state index contributed by atoms with van der Waals surface area (Å²) in [6.07, 6.45) is 1.37. The number of aliphatic hydroxyl groups is 1.